The molecule has 1 aromatic carbocycles. The standard InChI is InChI=1S/C15H12F5N5/c1-7-5-12(22-8(2)10-4-3-9(16)6-11(10)17)25-14(21-7)23-13(24-25)15(18,19)20/h3-6,8,22H,1-2H3/t8-/m0/s1. The number of hydrogen-bond donors (Lipinski definition) is 1. The Kier molecular flexibility index (Phi) is 4.05. The van der Waals surface area contributed by atoms with Crippen molar-refractivity contribution >= 4 is 11.6 Å². The van der Waals surface area contributed by atoms with Crippen LogP contribution in [0.25, 0.3) is 5.78 Å². The monoisotopic (exact) mass is 357 g/mol. The third-order valence-corrected chi connectivity index (χ3v) is 3.49. The fraction of sp³-hybridized carbons (Fsp3) is 0.267. The minimum absolute atomic E-state index is 0.153. The number of halogens is 5. The zero-order valence-corrected chi connectivity index (χ0v) is 13.1. The van der Waals surface area contributed by atoms with Gasteiger partial charge in [0.15, 0.2) is 0 Å². The molecule has 2 heterocycles. The normalized spacial score (nSPS) is 13.2. The van der Waals surface area contributed by atoms with E-state index in [0.29, 0.717) is 5.69 Å². The number of hydrogen-bond acceptors (Lipinski definition) is 4. The van der Waals surface area contributed by atoms with Crippen LogP contribution < -0.4 is 5.32 Å². The number of aryl methyl sites for hydroxylation is 1. The van der Waals surface area contributed by atoms with E-state index in [1.807, 2.05) is 0 Å². The topological polar surface area (TPSA) is 55.1 Å². The predicted octanol–water partition coefficient (Wildman–Crippen LogP) is 3.90. The number of anilines is 1. The van der Waals surface area contributed by atoms with Crippen molar-refractivity contribution < 1.29 is 22.0 Å². The summed E-state index contributed by atoms with van der Waals surface area (Å²) in [6, 6.07) is 3.89. The molecule has 1 atom stereocenters. The first-order chi connectivity index (χ1) is 11.6. The predicted molar refractivity (Wildman–Crippen MR) is 78.9 cm³/mol. The van der Waals surface area contributed by atoms with E-state index in [1.54, 1.807) is 13.8 Å². The van der Waals surface area contributed by atoms with E-state index in [4.69, 9.17) is 0 Å². The molecule has 0 aliphatic heterocycles. The van der Waals surface area contributed by atoms with Gasteiger partial charge in [0.25, 0.3) is 11.6 Å². The van der Waals surface area contributed by atoms with Crippen LogP contribution in [0.2, 0.25) is 0 Å². The van der Waals surface area contributed by atoms with E-state index >= 15 is 0 Å². The Morgan fingerprint density at radius 2 is 1.84 bits per heavy atom. The molecule has 0 saturated heterocycles. The van der Waals surface area contributed by atoms with Gasteiger partial charge in [-0.1, -0.05) is 6.07 Å². The smallest absolute Gasteiger partial charge is 0.363 e. The maximum atomic E-state index is 13.9. The highest BCUT2D eigenvalue weighted by molar-refractivity contribution is 5.47. The Hall–Kier alpha value is -2.78. The fourth-order valence-corrected chi connectivity index (χ4v) is 2.36. The van der Waals surface area contributed by atoms with Gasteiger partial charge >= 0.3 is 6.18 Å². The zero-order chi connectivity index (χ0) is 18.4. The number of nitrogens with zero attached hydrogens (tertiary/aromatic N) is 4. The van der Waals surface area contributed by atoms with E-state index in [2.05, 4.69) is 20.4 Å². The van der Waals surface area contributed by atoms with Gasteiger partial charge in [0, 0.05) is 23.4 Å². The number of rotatable bonds is 3. The zero-order valence-electron chi connectivity index (χ0n) is 13.1. The molecule has 0 fully saturated rings. The molecule has 0 radical (unpaired) electrons. The number of fused-ring (bicyclic) bond motifs is 1. The molecule has 0 saturated carbocycles. The summed E-state index contributed by atoms with van der Waals surface area (Å²) in [5.41, 5.74) is 0.558. The lowest BCUT2D eigenvalue weighted by Crippen LogP contribution is -2.13. The molecule has 0 aliphatic rings. The second-order valence-corrected chi connectivity index (χ2v) is 5.46. The second kappa shape index (κ2) is 5.94. The van der Waals surface area contributed by atoms with Crippen molar-refractivity contribution in [3.8, 4) is 0 Å². The van der Waals surface area contributed by atoms with Crippen LogP contribution in [0.4, 0.5) is 27.8 Å². The molecule has 132 valence electrons. The van der Waals surface area contributed by atoms with E-state index in [-0.39, 0.29) is 17.2 Å². The molecular formula is C15H12F5N5. The summed E-state index contributed by atoms with van der Waals surface area (Å²) in [7, 11) is 0. The van der Waals surface area contributed by atoms with E-state index in [1.165, 1.54) is 12.1 Å². The molecule has 0 amide bonds. The van der Waals surface area contributed by atoms with Crippen molar-refractivity contribution in [2.75, 3.05) is 5.32 Å². The molecule has 5 nitrogen and oxygen atoms in total. The van der Waals surface area contributed by atoms with Crippen LogP contribution in [0.5, 0.6) is 0 Å². The third kappa shape index (κ3) is 3.37. The summed E-state index contributed by atoms with van der Waals surface area (Å²) in [5, 5.41) is 6.27. The fourth-order valence-electron chi connectivity index (χ4n) is 2.36. The van der Waals surface area contributed by atoms with Crippen LogP contribution in [-0.2, 0) is 6.18 Å². The van der Waals surface area contributed by atoms with Crippen molar-refractivity contribution in [1.29, 1.82) is 0 Å². The lowest BCUT2D eigenvalue weighted by molar-refractivity contribution is -0.144. The van der Waals surface area contributed by atoms with Gasteiger partial charge in [0.2, 0.25) is 0 Å². The molecule has 0 bridgehead atoms. The highest BCUT2D eigenvalue weighted by Gasteiger charge is 2.37. The SMILES string of the molecule is Cc1cc(N[C@@H](C)c2ccc(F)cc2F)n2nc(C(F)(F)F)nc2n1. The van der Waals surface area contributed by atoms with Gasteiger partial charge in [0.1, 0.15) is 17.5 Å². The summed E-state index contributed by atoms with van der Waals surface area (Å²) in [6.07, 6.45) is -4.71. The highest BCUT2D eigenvalue weighted by atomic mass is 19.4. The van der Waals surface area contributed by atoms with Gasteiger partial charge in [-0.2, -0.15) is 22.7 Å². The van der Waals surface area contributed by atoms with Crippen molar-refractivity contribution in [3.63, 3.8) is 0 Å². The Labute approximate surface area is 138 Å². The van der Waals surface area contributed by atoms with Gasteiger partial charge in [-0.3, -0.25) is 0 Å². The van der Waals surface area contributed by atoms with Crippen molar-refractivity contribution in [1.82, 2.24) is 19.6 Å². The molecule has 1 N–H and O–H groups in total. The van der Waals surface area contributed by atoms with Gasteiger partial charge in [-0.25, -0.2) is 13.8 Å². The summed E-state index contributed by atoms with van der Waals surface area (Å²) >= 11 is 0. The second-order valence-electron chi connectivity index (χ2n) is 5.46. The maximum absolute atomic E-state index is 13.9. The molecule has 25 heavy (non-hydrogen) atoms. The molecule has 2 aromatic heterocycles. The summed E-state index contributed by atoms with van der Waals surface area (Å²) < 4.78 is 66.2. The van der Waals surface area contributed by atoms with Gasteiger partial charge in [-0.15, -0.1) is 5.10 Å². The maximum Gasteiger partial charge on any atom is 0.453 e. The molecule has 0 aliphatic carbocycles. The average Bonchev–Trinajstić information content (AvgIpc) is 2.91. The van der Waals surface area contributed by atoms with Crippen molar-refractivity contribution in [2.24, 2.45) is 0 Å². The van der Waals surface area contributed by atoms with Crippen molar-refractivity contribution in [3.05, 3.63) is 53.0 Å². The van der Waals surface area contributed by atoms with E-state index in [9.17, 15) is 22.0 Å². The molecule has 3 rings (SSSR count). The van der Waals surface area contributed by atoms with Gasteiger partial charge < -0.3 is 5.32 Å². The van der Waals surface area contributed by atoms with Crippen LogP contribution in [-0.4, -0.2) is 19.6 Å². The quantitative estimate of drug-likeness (QED) is 0.723. The highest BCUT2D eigenvalue weighted by Crippen LogP contribution is 2.28. The average molecular weight is 357 g/mol. The van der Waals surface area contributed by atoms with Gasteiger partial charge in [0.05, 0.1) is 6.04 Å². The molecule has 3 aromatic rings. The first kappa shape index (κ1) is 17.1. The first-order valence-electron chi connectivity index (χ1n) is 7.18. The van der Waals surface area contributed by atoms with Gasteiger partial charge in [-0.05, 0) is 19.9 Å². The summed E-state index contributed by atoms with van der Waals surface area (Å²) in [4.78, 5) is 7.27. The van der Waals surface area contributed by atoms with Crippen LogP contribution in [0.15, 0.2) is 24.3 Å². The minimum Gasteiger partial charge on any atom is -0.363 e. The number of nitrogens with one attached hydrogen (secondary N) is 1. The van der Waals surface area contributed by atoms with E-state index in [0.717, 1.165) is 16.6 Å². The lowest BCUT2D eigenvalue weighted by Gasteiger charge is -2.17. The lowest BCUT2D eigenvalue weighted by atomic mass is 10.1. The molecule has 0 spiro atoms. The van der Waals surface area contributed by atoms with Crippen LogP contribution in [0.3, 0.4) is 0 Å². The largest absolute Gasteiger partial charge is 0.453 e. The Balaban J connectivity index is 2.01. The number of alkyl halides is 3. The summed E-state index contributed by atoms with van der Waals surface area (Å²) in [5.74, 6) is -2.89. The van der Waals surface area contributed by atoms with E-state index < -0.39 is 29.7 Å². The van der Waals surface area contributed by atoms with Crippen molar-refractivity contribution in [2.45, 2.75) is 26.1 Å². The number of benzene rings is 1. The molecule has 0 unspecified atom stereocenters. The minimum atomic E-state index is -4.71. The Morgan fingerprint density at radius 3 is 2.48 bits per heavy atom. The van der Waals surface area contributed by atoms with Crippen LogP contribution >= 0.6 is 0 Å². The number of aromatic nitrogens is 4. The first-order valence-corrected chi connectivity index (χ1v) is 7.18. The molecule has 10 heteroatoms. The van der Waals surface area contributed by atoms with Crippen LogP contribution in [0.1, 0.15) is 30.0 Å². The Morgan fingerprint density at radius 1 is 1.12 bits per heavy atom. The van der Waals surface area contributed by atoms with Crippen LogP contribution in [0, 0.1) is 18.6 Å². The third-order valence-electron chi connectivity index (χ3n) is 3.49. The summed E-state index contributed by atoms with van der Waals surface area (Å²) in [6.45, 7) is 3.16. The molecular weight excluding hydrogens is 345 g/mol. The Bertz CT molecular complexity index is 934.